The molecule has 1 fully saturated rings. The van der Waals surface area contributed by atoms with Crippen LogP contribution < -0.4 is 4.74 Å². The van der Waals surface area contributed by atoms with Gasteiger partial charge in [0.2, 0.25) is 6.10 Å². The Bertz CT molecular complexity index is 1410. The Labute approximate surface area is 249 Å². The zero-order valence-electron chi connectivity index (χ0n) is 23.7. The molecule has 2 bridgehead atoms. The lowest BCUT2D eigenvalue weighted by Crippen LogP contribution is -2.74. The number of benzene rings is 1. The molecule has 7 N–H and O–H groups in total. The molecule has 4 aliphatic rings. The minimum absolute atomic E-state index is 0.0439. The monoisotopic (exact) mass is 623 g/mol. The van der Waals surface area contributed by atoms with Gasteiger partial charge in [-0.3, -0.25) is 4.79 Å². The molecule has 44 heavy (non-hydrogen) atoms. The summed E-state index contributed by atoms with van der Waals surface area (Å²) in [5, 5.41) is 71.6. The molecule has 2 aliphatic carbocycles. The number of carboxylic acids is 2. The standard InChI is InChI=1S/C28H33NO15/c1-11(24(37)43-15(23(35)36)10-17(31)32)41-25(38)19(33)20(34)26(39)42-14-5-6-28(40)16-9-12-3-4-13(30)21-18(12)27(28,22(14)44-21)7-8-29(16)2/h3-5,11,15-16,19-20,22,25,30,33-34,38,40H,6-10H2,1-2H3,(H,31,32)(H,35,36)/t11-,15+,16+,19+,20+,22-,25?,27?,28+/m0/s1. The van der Waals surface area contributed by atoms with Crippen molar-refractivity contribution in [3.63, 3.8) is 0 Å². The van der Waals surface area contributed by atoms with Gasteiger partial charge in [0.05, 0.1) is 17.4 Å². The number of likely N-dealkylation sites (tertiary alicyclic amines) is 1. The number of esters is 2. The number of hydrogen-bond acceptors (Lipinski definition) is 14. The van der Waals surface area contributed by atoms with Gasteiger partial charge in [0.15, 0.2) is 36.1 Å². The van der Waals surface area contributed by atoms with Crippen LogP contribution in [-0.4, -0.2) is 127 Å². The highest BCUT2D eigenvalue weighted by Gasteiger charge is 2.72. The van der Waals surface area contributed by atoms with Gasteiger partial charge in [-0.25, -0.2) is 14.4 Å². The van der Waals surface area contributed by atoms with Crippen LogP contribution in [0.15, 0.2) is 24.0 Å². The average Bonchev–Trinajstić information content (AvgIpc) is 3.32. The molecule has 1 spiro atoms. The van der Waals surface area contributed by atoms with Crippen LogP contribution in [0.4, 0.5) is 0 Å². The Morgan fingerprint density at radius 2 is 1.84 bits per heavy atom. The van der Waals surface area contributed by atoms with Crippen molar-refractivity contribution < 1.29 is 73.9 Å². The summed E-state index contributed by atoms with van der Waals surface area (Å²) in [4.78, 5) is 49.1. The zero-order valence-corrected chi connectivity index (χ0v) is 23.7. The highest BCUT2D eigenvalue weighted by Crippen LogP contribution is 2.65. The van der Waals surface area contributed by atoms with Gasteiger partial charge >= 0.3 is 23.9 Å². The molecule has 2 heterocycles. The molecule has 0 amide bonds. The molecule has 0 saturated carbocycles. The third-order valence-corrected chi connectivity index (χ3v) is 9.00. The maximum Gasteiger partial charge on any atom is 0.345 e. The molecule has 16 heteroatoms. The largest absolute Gasteiger partial charge is 0.504 e. The first-order valence-corrected chi connectivity index (χ1v) is 13.8. The molecule has 1 saturated heterocycles. The topological polar surface area (TPSA) is 250 Å². The number of carbonyl (C=O) groups excluding carboxylic acids is 2. The smallest absolute Gasteiger partial charge is 0.345 e. The van der Waals surface area contributed by atoms with E-state index in [4.69, 9.17) is 24.4 Å². The minimum Gasteiger partial charge on any atom is -0.504 e. The average molecular weight is 624 g/mol. The molecular formula is C28H33NO15. The summed E-state index contributed by atoms with van der Waals surface area (Å²) in [5.41, 5.74) is -0.930. The Morgan fingerprint density at radius 1 is 1.14 bits per heavy atom. The third kappa shape index (κ3) is 4.87. The van der Waals surface area contributed by atoms with E-state index >= 15 is 0 Å². The number of rotatable bonds is 11. The van der Waals surface area contributed by atoms with Crippen molar-refractivity contribution in [2.24, 2.45) is 0 Å². The quantitative estimate of drug-likeness (QED) is 0.105. The number of aliphatic carboxylic acids is 2. The van der Waals surface area contributed by atoms with Crippen LogP contribution in [0.3, 0.4) is 0 Å². The van der Waals surface area contributed by atoms with E-state index in [9.17, 15) is 44.7 Å². The predicted octanol–water partition coefficient (Wildman–Crippen LogP) is -1.87. The van der Waals surface area contributed by atoms with Crippen molar-refractivity contribution in [1.29, 1.82) is 0 Å². The van der Waals surface area contributed by atoms with Crippen LogP contribution >= 0.6 is 0 Å². The van der Waals surface area contributed by atoms with Crippen molar-refractivity contribution in [2.45, 2.75) is 86.5 Å². The first-order valence-electron chi connectivity index (χ1n) is 13.8. The zero-order chi connectivity index (χ0) is 32.3. The number of likely N-dealkylation sites (N-methyl/N-ethyl adjacent to an activating group) is 1. The van der Waals surface area contributed by atoms with E-state index in [-0.39, 0.29) is 29.7 Å². The number of phenolic OH excluding ortho intramolecular Hbond substituents is 1. The summed E-state index contributed by atoms with van der Waals surface area (Å²) >= 11 is 0. The SMILES string of the molecule is C[C@H](OC(O)[C@H](O)[C@@H](O)C(=O)OC1=CC[C@@]2(O)[C@H]3Cc4ccc(O)c5c4C2(CCN3C)[C@H]1O5)C(=O)O[C@H](CC(=O)O)C(=O)O. The van der Waals surface area contributed by atoms with Gasteiger partial charge in [0, 0.05) is 18.0 Å². The molecule has 2 unspecified atom stereocenters. The highest BCUT2D eigenvalue weighted by molar-refractivity contribution is 5.84. The molecular weight excluding hydrogens is 590 g/mol. The van der Waals surface area contributed by atoms with E-state index in [1.165, 1.54) is 12.1 Å². The van der Waals surface area contributed by atoms with Gasteiger partial charge in [-0.05, 0) is 51.1 Å². The Morgan fingerprint density at radius 3 is 2.50 bits per heavy atom. The van der Waals surface area contributed by atoms with E-state index in [2.05, 4.69) is 4.74 Å². The Balaban J connectivity index is 1.29. The second-order valence-electron chi connectivity index (χ2n) is 11.5. The number of phenols is 1. The fourth-order valence-corrected chi connectivity index (χ4v) is 6.83. The molecule has 16 nitrogen and oxygen atoms in total. The number of aliphatic hydroxyl groups excluding tert-OH is 3. The number of carboxylic acid groups (broad SMARTS) is 2. The number of carbonyl (C=O) groups is 4. The lowest BCUT2D eigenvalue weighted by Gasteiger charge is -2.61. The second-order valence-corrected chi connectivity index (χ2v) is 11.5. The lowest BCUT2D eigenvalue weighted by atomic mass is 9.50. The van der Waals surface area contributed by atoms with Crippen LogP contribution in [0.25, 0.3) is 0 Å². The van der Waals surface area contributed by atoms with Gasteiger partial charge < -0.3 is 59.6 Å². The molecule has 2 aliphatic heterocycles. The summed E-state index contributed by atoms with van der Waals surface area (Å²) in [6, 6.07) is 2.95. The number of ether oxygens (including phenoxy) is 4. The summed E-state index contributed by atoms with van der Waals surface area (Å²) < 4.78 is 21.0. The molecule has 0 aromatic heterocycles. The molecule has 1 aromatic rings. The Hall–Kier alpha value is -3.80. The van der Waals surface area contributed by atoms with Crippen molar-refractivity contribution in [3.05, 3.63) is 35.1 Å². The van der Waals surface area contributed by atoms with Gasteiger partial charge in [-0.1, -0.05) is 6.07 Å². The van der Waals surface area contributed by atoms with Gasteiger partial charge in [-0.2, -0.15) is 0 Å². The second kappa shape index (κ2) is 11.3. The van der Waals surface area contributed by atoms with Gasteiger partial charge in [-0.15, -0.1) is 0 Å². The highest BCUT2D eigenvalue weighted by atomic mass is 16.7. The first-order chi connectivity index (χ1) is 20.6. The number of aliphatic hydroxyl groups is 4. The van der Waals surface area contributed by atoms with Crippen LogP contribution in [0.2, 0.25) is 0 Å². The summed E-state index contributed by atoms with van der Waals surface area (Å²) in [6.45, 7) is 1.56. The maximum atomic E-state index is 13.0. The first kappa shape index (κ1) is 31.6. The van der Waals surface area contributed by atoms with E-state index < -0.39 is 78.1 Å². The Kier molecular flexibility index (Phi) is 8.11. The number of aromatic hydroxyl groups is 1. The fraction of sp³-hybridized carbons (Fsp3) is 0.571. The van der Waals surface area contributed by atoms with Crippen LogP contribution in [0, 0.1) is 0 Å². The number of hydrogen-bond donors (Lipinski definition) is 7. The molecule has 5 rings (SSSR count). The number of nitrogens with zero attached hydrogens (tertiary/aromatic N) is 1. The molecule has 9 atom stereocenters. The van der Waals surface area contributed by atoms with Crippen molar-refractivity contribution >= 4 is 23.9 Å². The van der Waals surface area contributed by atoms with E-state index in [1.54, 1.807) is 6.07 Å². The normalized spacial score (nSPS) is 30.0. The molecule has 0 radical (unpaired) electrons. The van der Waals surface area contributed by atoms with E-state index in [0.29, 0.717) is 24.9 Å². The fourth-order valence-electron chi connectivity index (χ4n) is 6.83. The van der Waals surface area contributed by atoms with Crippen molar-refractivity contribution in [3.8, 4) is 11.5 Å². The molecule has 240 valence electrons. The van der Waals surface area contributed by atoms with Crippen LogP contribution in [0.1, 0.15) is 37.3 Å². The molecule has 1 aromatic carbocycles. The number of piperidine rings is 1. The van der Waals surface area contributed by atoms with Gasteiger partial charge in [0.1, 0.15) is 11.9 Å². The van der Waals surface area contributed by atoms with Gasteiger partial charge in [0.25, 0.3) is 0 Å². The van der Waals surface area contributed by atoms with Crippen LogP contribution in [-0.2, 0) is 45.2 Å². The van der Waals surface area contributed by atoms with E-state index in [0.717, 1.165) is 12.5 Å². The van der Waals surface area contributed by atoms with Crippen LogP contribution in [0.5, 0.6) is 11.5 Å². The predicted molar refractivity (Wildman–Crippen MR) is 141 cm³/mol. The summed E-state index contributed by atoms with van der Waals surface area (Å²) in [7, 11) is 1.90. The van der Waals surface area contributed by atoms with E-state index in [1.807, 2.05) is 11.9 Å². The summed E-state index contributed by atoms with van der Waals surface area (Å²) in [6.07, 6.45) is -10.7. The maximum absolute atomic E-state index is 13.0. The summed E-state index contributed by atoms with van der Waals surface area (Å²) in [5.74, 6) is -6.20. The minimum atomic E-state index is -2.42. The third-order valence-electron chi connectivity index (χ3n) is 9.00. The lowest BCUT2D eigenvalue weighted by molar-refractivity contribution is -0.221. The van der Waals surface area contributed by atoms with Crippen molar-refractivity contribution in [1.82, 2.24) is 4.90 Å². The van der Waals surface area contributed by atoms with Crippen molar-refractivity contribution in [2.75, 3.05) is 13.6 Å².